The third-order valence-electron chi connectivity index (χ3n) is 5.31. The van der Waals surface area contributed by atoms with Gasteiger partial charge in [0, 0.05) is 23.5 Å². The number of fused-ring (bicyclic) bond motifs is 1. The molecule has 0 saturated heterocycles. The van der Waals surface area contributed by atoms with Crippen molar-refractivity contribution in [1.29, 1.82) is 10.8 Å². The number of benzene rings is 2. The van der Waals surface area contributed by atoms with Crippen molar-refractivity contribution in [1.82, 2.24) is 14.0 Å². The molecule has 0 radical (unpaired) electrons. The molecule has 3 heterocycles. The van der Waals surface area contributed by atoms with E-state index in [1.807, 2.05) is 13.8 Å². The fraction of sp³-hybridized carbons (Fsp3) is 0.0769. The van der Waals surface area contributed by atoms with Crippen LogP contribution < -0.4 is 5.49 Å². The third-order valence-corrected chi connectivity index (χ3v) is 5.31. The van der Waals surface area contributed by atoms with Crippen molar-refractivity contribution in [3.05, 3.63) is 102 Å². The molecule has 0 aliphatic heterocycles. The molecule has 3 aromatic heterocycles. The number of hydrogen-bond donors (Lipinski definition) is 3. The van der Waals surface area contributed by atoms with E-state index in [4.69, 9.17) is 15.2 Å². The summed E-state index contributed by atoms with van der Waals surface area (Å²) in [6.07, 6.45) is 4.55. The number of aromatic carboxylic acids is 1. The molecule has 8 nitrogen and oxygen atoms in total. The fourth-order valence-electron chi connectivity index (χ4n) is 3.67. The van der Waals surface area contributed by atoms with Gasteiger partial charge < -0.3 is 9.52 Å². The lowest BCUT2D eigenvalue weighted by molar-refractivity contribution is 0.0697. The topological polar surface area (TPSA) is 120 Å². The molecule has 0 bridgehead atoms. The molecule has 0 amide bonds. The van der Waals surface area contributed by atoms with Gasteiger partial charge in [-0.2, -0.15) is 4.98 Å². The molecule has 0 spiro atoms. The second kappa shape index (κ2) is 9.79. The maximum absolute atomic E-state index is 14.5. The van der Waals surface area contributed by atoms with E-state index in [1.54, 1.807) is 28.8 Å². The maximum Gasteiger partial charge on any atom is 0.335 e. The summed E-state index contributed by atoms with van der Waals surface area (Å²) >= 11 is 0. The van der Waals surface area contributed by atoms with Crippen LogP contribution in [0.5, 0.6) is 0 Å². The molecule has 0 fully saturated rings. The summed E-state index contributed by atoms with van der Waals surface area (Å²) in [5.74, 6) is -2.58. The van der Waals surface area contributed by atoms with Crippen LogP contribution in [0.15, 0.2) is 77.7 Å². The van der Waals surface area contributed by atoms with Gasteiger partial charge in [0.25, 0.3) is 0 Å². The lowest BCUT2D eigenvalue weighted by atomic mass is 10.1. The van der Waals surface area contributed by atoms with E-state index >= 15 is 0 Å². The minimum Gasteiger partial charge on any atom is -0.478 e. The van der Waals surface area contributed by atoms with E-state index in [0.717, 1.165) is 22.8 Å². The lowest BCUT2D eigenvalue weighted by Gasteiger charge is -2.13. The number of nitrogens with one attached hydrogen (secondary N) is 2. The Hall–Kier alpha value is -4.86. The van der Waals surface area contributed by atoms with Crippen LogP contribution in [0, 0.1) is 22.5 Å². The zero-order valence-corrected chi connectivity index (χ0v) is 19.3. The van der Waals surface area contributed by atoms with E-state index in [1.165, 1.54) is 30.7 Å². The van der Waals surface area contributed by atoms with Crippen molar-refractivity contribution in [3.63, 3.8) is 0 Å². The Bertz CT molecular complexity index is 1650. The van der Waals surface area contributed by atoms with Crippen LogP contribution in [0.3, 0.4) is 0 Å². The molecule has 10 heteroatoms. The first-order chi connectivity index (χ1) is 17.3. The maximum atomic E-state index is 14.5. The molecule has 0 aliphatic rings. The quantitative estimate of drug-likeness (QED) is 0.231. The van der Waals surface area contributed by atoms with E-state index in [0.29, 0.717) is 22.5 Å². The number of nitrogens with zero attached hydrogens (tertiary/aromatic N) is 3. The summed E-state index contributed by atoms with van der Waals surface area (Å²) < 4.78 is 36.2. The van der Waals surface area contributed by atoms with Crippen molar-refractivity contribution >= 4 is 17.6 Å². The number of rotatable bonds is 4. The van der Waals surface area contributed by atoms with E-state index < -0.39 is 23.4 Å². The number of hydrogen-bond acceptors (Lipinski definition) is 5. The first kappa shape index (κ1) is 24.3. The molecule has 0 unspecified atom stereocenters. The van der Waals surface area contributed by atoms with Gasteiger partial charge in [0.15, 0.2) is 0 Å². The number of carboxylic acid groups (broad SMARTS) is 1. The van der Waals surface area contributed by atoms with Gasteiger partial charge >= 0.3 is 11.8 Å². The number of halogens is 2. The average Bonchev–Trinajstić information content (AvgIpc) is 3.48. The average molecular weight is 489 g/mol. The second-order valence-electron chi connectivity index (χ2n) is 7.39. The summed E-state index contributed by atoms with van der Waals surface area (Å²) in [6, 6.07) is 12.0. The predicted octanol–water partition coefficient (Wildman–Crippen LogP) is 5.42. The molecule has 182 valence electrons. The Morgan fingerprint density at radius 3 is 2.42 bits per heavy atom. The van der Waals surface area contributed by atoms with Crippen LogP contribution in [0.1, 0.15) is 29.8 Å². The number of aromatic nitrogens is 3. The predicted molar refractivity (Wildman–Crippen MR) is 129 cm³/mol. The normalized spacial score (nSPS) is 10.7. The Morgan fingerprint density at radius 1 is 1.03 bits per heavy atom. The van der Waals surface area contributed by atoms with Gasteiger partial charge in [-0.05, 0) is 54.6 Å². The summed E-state index contributed by atoms with van der Waals surface area (Å²) in [5.41, 5.74) is 1.60. The first-order valence-corrected chi connectivity index (χ1v) is 10.9. The molecule has 3 N–H and O–H groups in total. The van der Waals surface area contributed by atoms with Gasteiger partial charge in [-0.3, -0.25) is 19.8 Å². The number of carbonyl (C=O) groups is 1. The Kier molecular flexibility index (Phi) is 6.60. The number of imidazole rings is 1. The highest BCUT2D eigenvalue weighted by Gasteiger charge is 2.20. The minimum atomic E-state index is -1.26. The summed E-state index contributed by atoms with van der Waals surface area (Å²) in [6.45, 7) is 4.00. The third kappa shape index (κ3) is 4.31. The summed E-state index contributed by atoms with van der Waals surface area (Å²) in [4.78, 5) is 15.8. The summed E-state index contributed by atoms with van der Waals surface area (Å²) in [5, 5.41) is 26.0. The van der Waals surface area contributed by atoms with Crippen LogP contribution in [-0.4, -0.2) is 30.9 Å². The molecular formula is C26H21F2N5O3. The molecular weight excluding hydrogens is 468 g/mol. The number of oxazole rings is 1. The fourth-order valence-corrected chi connectivity index (χ4v) is 3.67. The van der Waals surface area contributed by atoms with Crippen LogP contribution in [0.2, 0.25) is 0 Å². The van der Waals surface area contributed by atoms with E-state index in [2.05, 4.69) is 4.98 Å². The Morgan fingerprint density at radius 2 is 1.72 bits per heavy atom. The van der Waals surface area contributed by atoms with Crippen molar-refractivity contribution in [2.45, 2.75) is 13.8 Å². The van der Waals surface area contributed by atoms with E-state index in [-0.39, 0.29) is 22.5 Å². The SMILES string of the molecule is CC.N=C(c1cc(C(=O)O)ccc1F)n1cc(-c2c(-c3ccc(F)cc3)nc3occn23)ccc1=N. The highest BCUT2D eigenvalue weighted by Crippen LogP contribution is 2.33. The standard InChI is InChI=1S/C24H15F2N5O3.C2H6/c25-16-5-1-13(2-6-16)20-21(30-9-10-34-24(30)29-20)15-4-8-19(27)31(12-15)22(28)17-11-14(23(32)33)3-7-18(17)26;1-2/h1-12,27-28H,(H,32,33);1-2H3. The van der Waals surface area contributed by atoms with Gasteiger partial charge in [-0.25, -0.2) is 13.6 Å². The number of carboxylic acids is 1. The lowest BCUT2D eigenvalue weighted by Crippen LogP contribution is -2.27. The van der Waals surface area contributed by atoms with Gasteiger partial charge in [0.1, 0.15) is 34.9 Å². The molecule has 0 saturated carbocycles. The van der Waals surface area contributed by atoms with Crippen molar-refractivity contribution < 1.29 is 23.1 Å². The molecule has 0 atom stereocenters. The van der Waals surface area contributed by atoms with Crippen molar-refractivity contribution in [3.8, 4) is 22.5 Å². The van der Waals surface area contributed by atoms with Crippen LogP contribution in [0.25, 0.3) is 28.4 Å². The van der Waals surface area contributed by atoms with Crippen LogP contribution >= 0.6 is 0 Å². The zero-order chi connectivity index (χ0) is 26.0. The van der Waals surface area contributed by atoms with Crippen molar-refractivity contribution in [2.75, 3.05) is 0 Å². The molecule has 2 aromatic carbocycles. The highest BCUT2D eigenvalue weighted by molar-refractivity contribution is 6.01. The van der Waals surface area contributed by atoms with Crippen molar-refractivity contribution in [2.24, 2.45) is 0 Å². The van der Waals surface area contributed by atoms with Gasteiger partial charge in [-0.15, -0.1) is 0 Å². The van der Waals surface area contributed by atoms with Gasteiger partial charge in [0.2, 0.25) is 0 Å². The largest absolute Gasteiger partial charge is 0.478 e. The van der Waals surface area contributed by atoms with Gasteiger partial charge in [0.05, 0.1) is 16.8 Å². The van der Waals surface area contributed by atoms with Crippen LogP contribution in [-0.2, 0) is 0 Å². The second-order valence-corrected chi connectivity index (χ2v) is 7.39. The molecule has 36 heavy (non-hydrogen) atoms. The molecule has 0 aliphatic carbocycles. The first-order valence-electron chi connectivity index (χ1n) is 10.9. The Labute approximate surface area is 203 Å². The number of pyridine rings is 1. The Balaban J connectivity index is 0.00000148. The summed E-state index contributed by atoms with van der Waals surface area (Å²) in [7, 11) is 0. The van der Waals surface area contributed by atoms with E-state index in [9.17, 15) is 18.7 Å². The highest BCUT2D eigenvalue weighted by atomic mass is 19.1. The zero-order valence-electron chi connectivity index (χ0n) is 19.3. The molecule has 5 rings (SSSR count). The van der Waals surface area contributed by atoms with Gasteiger partial charge in [-0.1, -0.05) is 13.8 Å². The van der Waals surface area contributed by atoms with Crippen LogP contribution in [0.4, 0.5) is 8.78 Å². The minimum absolute atomic E-state index is 0.120. The molecule has 5 aromatic rings. The monoisotopic (exact) mass is 489 g/mol. The smallest absolute Gasteiger partial charge is 0.335 e.